The van der Waals surface area contributed by atoms with E-state index in [1.165, 1.54) is 0 Å². The molecule has 2 aromatic rings. The van der Waals surface area contributed by atoms with Crippen LogP contribution in [0.5, 0.6) is 0 Å². The molecule has 1 atom stereocenters. The zero-order chi connectivity index (χ0) is 15.7. The second-order valence-electron chi connectivity index (χ2n) is 5.75. The maximum Gasteiger partial charge on any atom is 0.414 e. The highest BCUT2D eigenvalue weighted by Crippen LogP contribution is 2.32. The largest absolute Gasteiger partial charge is 0.414 e. The van der Waals surface area contributed by atoms with Gasteiger partial charge in [0.25, 0.3) is 0 Å². The fraction of sp³-hybridized carbons (Fsp3) is 0.533. The molecule has 0 saturated carbocycles. The third kappa shape index (κ3) is 3.42. The molecule has 0 aromatic carbocycles. The zero-order valence-electron chi connectivity index (χ0n) is 11.9. The molecule has 0 spiro atoms. The molecule has 3 heterocycles. The number of pyridine rings is 1. The first kappa shape index (κ1) is 15.7. The van der Waals surface area contributed by atoms with Gasteiger partial charge < -0.3 is 5.11 Å². The first-order chi connectivity index (χ1) is 10.4. The number of rotatable bonds is 3. The lowest BCUT2D eigenvalue weighted by atomic mass is 9.91. The minimum Gasteiger partial charge on any atom is -0.383 e. The van der Waals surface area contributed by atoms with Gasteiger partial charge in [-0.05, 0) is 54.9 Å². The molecule has 120 valence electrons. The van der Waals surface area contributed by atoms with Crippen molar-refractivity contribution in [1.29, 1.82) is 0 Å². The average Bonchev–Trinajstić information content (AvgIpc) is 2.94. The maximum atomic E-state index is 12.5. The van der Waals surface area contributed by atoms with Gasteiger partial charge in [0.15, 0.2) is 6.10 Å². The number of aliphatic hydroxyl groups is 1. The Balaban J connectivity index is 1.57. The van der Waals surface area contributed by atoms with Crippen LogP contribution in [0.25, 0.3) is 10.2 Å². The predicted octanol–water partition coefficient (Wildman–Crippen LogP) is 3.43. The molecule has 3 rings (SSSR count). The van der Waals surface area contributed by atoms with Crippen LogP contribution < -0.4 is 0 Å². The van der Waals surface area contributed by atoms with Crippen LogP contribution in [0, 0.1) is 5.92 Å². The zero-order valence-corrected chi connectivity index (χ0v) is 12.7. The minimum absolute atomic E-state index is 0.370. The number of piperidine rings is 1. The number of nitrogens with zero attached hydrogens (tertiary/aromatic N) is 2. The third-order valence-corrected chi connectivity index (χ3v) is 5.03. The fourth-order valence-corrected chi connectivity index (χ4v) is 3.73. The van der Waals surface area contributed by atoms with Crippen molar-refractivity contribution in [3.05, 3.63) is 29.3 Å². The Morgan fingerprint density at radius 3 is 2.77 bits per heavy atom. The van der Waals surface area contributed by atoms with Gasteiger partial charge in [0, 0.05) is 12.7 Å². The van der Waals surface area contributed by atoms with Gasteiger partial charge in [0.05, 0.1) is 10.2 Å². The topological polar surface area (TPSA) is 36.4 Å². The van der Waals surface area contributed by atoms with Crippen molar-refractivity contribution in [1.82, 2.24) is 9.88 Å². The number of likely N-dealkylation sites (tertiary alicyclic amines) is 1. The van der Waals surface area contributed by atoms with Gasteiger partial charge >= 0.3 is 6.18 Å². The molecule has 0 radical (unpaired) electrons. The van der Waals surface area contributed by atoms with Crippen LogP contribution in [0.4, 0.5) is 13.2 Å². The summed E-state index contributed by atoms with van der Waals surface area (Å²) < 4.78 is 38.7. The summed E-state index contributed by atoms with van der Waals surface area (Å²) in [5, 5.41) is 11.3. The van der Waals surface area contributed by atoms with E-state index in [4.69, 9.17) is 0 Å². The Morgan fingerprint density at radius 2 is 2.09 bits per heavy atom. The molecule has 3 nitrogen and oxygen atoms in total. The van der Waals surface area contributed by atoms with Gasteiger partial charge in [-0.15, -0.1) is 11.3 Å². The minimum atomic E-state index is -4.51. The number of halogens is 3. The Bertz CT molecular complexity index is 635. The molecule has 0 amide bonds. The summed E-state index contributed by atoms with van der Waals surface area (Å²) in [6.07, 6.45) is -4.14. The first-order valence-corrected chi connectivity index (χ1v) is 8.11. The van der Waals surface area contributed by atoms with Crippen LogP contribution in [-0.4, -0.2) is 40.4 Å². The standard InChI is InChI=1S/C15H17F3N2OS/c16-15(17,18)14(21)11-1-4-20(5-2-11)9-10-7-13-12(19-8-10)3-6-22-13/h3,6-8,11,14,21H,1-2,4-5,9H2. The number of alkyl halides is 3. The molecular weight excluding hydrogens is 313 g/mol. The molecule has 1 saturated heterocycles. The van der Waals surface area contributed by atoms with E-state index in [0.717, 1.165) is 15.8 Å². The van der Waals surface area contributed by atoms with Gasteiger partial charge in [0.2, 0.25) is 0 Å². The highest BCUT2D eigenvalue weighted by atomic mass is 32.1. The van der Waals surface area contributed by atoms with Crippen molar-refractivity contribution in [2.75, 3.05) is 13.1 Å². The van der Waals surface area contributed by atoms with Crippen molar-refractivity contribution in [2.45, 2.75) is 31.7 Å². The molecule has 0 aliphatic carbocycles. The van der Waals surface area contributed by atoms with Crippen LogP contribution in [0.15, 0.2) is 23.7 Å². The molecule has 0 bridgehead atoms. The molecule has 7 heteroatoms. The van der Waals surface area contributed by atoms with Crippen molar-refractivity contribution in [3.8, 4) is 0 Å². The van der Waals surface area contributed by atoms with Crippen molar-refractivity contribution in [3.63, 3.8) is 0 Å². The van der Waals surface area contributed by atoms with E-state index in [0.29, 0.717) is 32.5 Å². The molecule has 1 fully saturated rings. The fourth-order valence-electron chi connectivity index (χ4n) is 2.93. The molecule has 1 unspecified atom stereocenters. The van der Waals surface area contributed by atoms with E-state index in [2.05, 4.69) is 16.0 Å². The average molecular weight is 330 g/mol. The lowest BCUT2D eigenvalue weighted by Crippen LogP contribution is -2.43. The van der Waals surface area contributed by atoms with Gasteiger partial charge in [-0.2, -0.15) is 13.2 Å². The second kappa shape index (κ2) is 6.14. The Kier molecular flexibility index (Phi) is 4.38. The lowest BCUT2D eigenvalue weighted by molar-refractivity contribution is -0.223. The van der Waals surface area contributed by atoms with Gasteiger partial charge in [-0.3, -0.25) is 9.88 Å². The molecule has 2 aromatic heterocycles. The summed E-state index contributed by atoms with van der Waals surface area (Å²) in [7, 11) is 0. The monoisotopic (exact) mass is 330 g/mol. The SMILES string of the molecule is OC(C1CCN(Cc2cnc3ccsc3c2)CC1)C(F)(F)F. The van der Waals surface area contributed by atoms with Crippen molar-refractivity contribution >= 4 is 21.6 Å². The first-order valence-electron chi connectivity index (χ1n) is 7.23. The van der Waals surface area contributed by atoms with Gasteiger partial charge in [-0.1, -0.05) is 0 Å². The number of hydrogen-bond acceptors (Lipinski definition) is 4. The highest BCUT2D eigenvalue weighted by Gasteiger charge is 2.44. The van der Waals surface area contributed by atoms with Crippen LogP contribution >= 0.6 is 11.3 Å². The van der Waals surface area contributed by atoms with Crippen LogP contribution in [0.3, 0.4) is 0 Å². The highest BCUT2D eigenvalue weighted by molar-refractivity contribution is 7.17. The Hall–Kier alpha value is -1.18. The number of aliphatic hydroxyl groups excluding tert-OH is 1. The quantitative estimate of drug-likeness (QED) is 0.937. The smallest absolute Gasteiger partial charge is 0.383 e. The van der Waals surface area contributed by atoms with E-state index < -0.39 is 18.2 Å². The molecular formula is C15H17F3N2OS. The predicted molar refractivity (Wildman–Crippen MR) is 79.7 cm³/mol. The number of fused-ring (bicyclic) bond motifs is 1. The summed E-state index contributed by atoms with van der Waals surface area (Å²) in [6.45, 7) is 1.83. The summed E-state index contributed by atoms with van der Waals surface area (Å²) in [6, 6.07) is 4.05. The second-order valence-corrected chi connectivity index (χ2v) is 6.70. The van der Waals surface area contributed by atoms with Crippen LogP contribution in [-0.2, 0) is 6.54 Å². The third-order valence-electron chi connectivity index (χ3n) is 4.18. The lowest BCUT2D eigenvalue weighted by Gasteiger charge is -2.34. The van der Waals surface area contributed by atoms with E-state index in [1.807, 2.05) is 17.6 Å². The van der Waals surface area contributed by atoms with Crippen molar-refractivity contribution in [2.24, 2.45) is 5.92 Å². The Morgan fingerprint density at radius 1 is 1.36 bits per heavy atom. The normalized spacial score (nSPS) is 19.6. The molecule has 22 heavy (non-hydrogen) atoms. The summed E-state index contributed by atoms with van der Waals surface area (Å²) in [5.74, 6) is -0.686. The molecule has 1 N–H and O–H groups in total. The summed E-state index contributed by atoms with van der Waals surface area (Å²) in [4.78, 5) is 6.50. The molecule has 1 aliphatic rings. The van der Waals surface area contributed by atoms with Crippen LogP contribution in [0.1, 0.15) is 18.4 Å². The Labute approximate surface area is 130 Å². The van der Waals surface area contributed by atoms with E-state index in [-0.39, 0.29) is 0 Å². The van der Waals surface area contributed by atoms with E-state index in [1.54, 1.807) is 11.3 Å². The van der Waals surface area contributed by atoms with Gasteiger partial charge in [-0.25, -0.2) is 0 Å². The van der Waals surface area contributed by atoms with Crippen LogP contribution in [0.2, 0.25) is 0 Å². The number of hydrogen-bond donors (Lipinski definition) is 1. The van der Waals surface area contributed by atoms with E-state index in [9.17, 15) is 18.3 Å². The van der Waals surface area contributed by atoms with E-state index >= 15 is 0 Å². The summed E-state index contributed by atoms with van der Waals surface area (Å²) >= 11 is 1.63. The molecule has 1 aliphatic heterocycles. The van der Waals surface area contributed by atoms with Crippen molar-refractivity contribution < 1.29 is 18.3 Å². The summed E-state index contributed by atoms with van der Waals surface area (Å²) in [5.41, 5.74) is 2.05. The maximum absolute atomic E-state index is 12.5. The van der Waals surface area contributed by atoms with Gasteiger partial charge in [0.1, 0.15) is 0 Å². The number of thiophene rings is 1. The number of aromatic nitrogens is 1.